The minimum atomic E-state index is -3.62. The largest absolute Gasteiger partial charge is 0.497 e. The molecule has 7 heteroatoms. The Kier molecular flexibility index (Phi) is 7.95. The Hall–Kier alpha value is -1.76. The molecule has 0 spiro atoms. The molecule has 0 bridgehead atoms. The second-order valence-electron chi connectivity index (χ2n) is 7.23. The molecular weight excluding hydrogens is 364 g/mol. The second-order valence-corrected chi connectivity index (χ2v) is 9.09. The summed E-state index contributed by atoms with van der Waals surface area (Å²) in [6.45, 7) is 1.84. The van der Waals surface area contributed by atoms with Crippen molar-refractivity contribution in [2.24, 2.45) is 0 Å². The zero-order chi connectivity index (χ0) is 19.9. The van der Waals surface area contributed by atoms with Crippen LogP contribution >= 0.6 is 0 Å². The summed E-state index contributed by atoms with van der Waals surface area (Å²) in [5.74, 6) is 0.420. The van der Waals surface area contributed by atoms with Crippen molar-refractivity contribution in [2.45, 2.75) is 70.4 Å². The molecule has 0 aromatic heterocycles. The lowest BCUT2D eigenvalue weighted by molar-refractivity contribution is -0.123. The van der Waals surface area contributed by atoms with Crippen LogP contribution in [0.3, 0.4) is 0 Å². The van der Waals surface area contributed by atoms with Gasteiger partial charge < -0.3 is 10.1 Å². The van der Waals surface area contributed by atoms with Crippen LogP contribution in [0.2, 0.25) is 0 Å². The summed E-state index contributed by atoms with van der Waals surface area (Å²) in [5, 5.41) is 3.11. The van der Waals surface area contributed by atoms with Crippen molar-refractivity contribution in [1.29, 1.82) is 0 Å². The summed E-state index contributed by atoms with van der Waals surface area (Å²) < 4.78 is 31.4. The Morgan fingerprint density at radius 2 is 1.70 bits per heavy atom. The maximum Gasteiger partial charge on any atom is 0.244 e. The average Bonchev–Trinajstić information content (AvgIpc) is 2.60. The molecule has 1 fully saturated rings. The lowest BCUT2D eigenvalue weighted by atomic mass is 9.96. The van der Waals surface area contributed by atoms with Gasteiger partial charge in [-0.25, -0.2) is 8.42 Å². The van der Waals surface area contributed by atoms with Gasteiger partial charge in [0.2, 0.25) is 15.9 Å². The van der Waals surface area contributed by atoms with E-state index >= 15 is 0 Å². The van der Waals surface area contributed by atoms with Crippen molar-refractivity contribution < 1.29 is 17.9 Å². The number of carbonyl (C=O) groups is 1. The molecule has 0 radical (unpaired) electrons. The topological polar surface area (TPSA) is 75.7 Å². The first-order chi connectivity index (χ1) is 12.9. The van der Waals surface area contributed by atoms with Gasteiger partial charge >= 0.3 is 0 Å². The van der Waals surface area contributed by atoms with Gasteiger partial charge in [0.15, 0.2) is 0 Å². The molecule has 1 aliphatic rings. The number of anilines is 1. The Balaban J connectivity index is 2.21. The highest BCUT2D eigenvalue weighted by atomic mass is 32.2. The zero-order valence-corrected chi connectivity index (χ0v) is 17.4. The van der Waals surface area contributed by atoms with Gasteiger partial charge in [-0.2, -0.15) is 0 Å². The van der Waals surface area contributed by atoms with E-state index in [0.29, 0.717) is 17.9 Å². The summed E-state index contributed by atoms with van der Waals surface area (Å²) in [7, 11) is -2.06. The van der Waals surface area contributed by atoms with Crippen molar-refractivity contribution in [1.82, 2.24) is 5.32 Å². The minimum absolute atomic E-state index is 0.129. The fraction of sp³-hybridized carbons (Fsp3) is 0.650. The second kappa shape index (κ2) is 9.97. The first-order valence-electron chi connectivity index (χ1n) is 9.80. The Bertz CT molecular complexity index is 695. The van der Waals surface area contributed by atoms with Crippen molar-refractivity contribution >= 4 is 21.6 Å². The number of amides is 1. The first kappa shape index (κ1) is 21.5. The van der Waals surface area contributed by atoms with Gasteiger partial charge in [0.05, 0.1) is 19.1 Å². The van der Waals surface area contributed by atoms with Crippen LogP contribution in [0.15, 0.2) is 24.3 Å². The SMILES string of the molecule is CCC(C(=O)NC1CCCCCCC1)N(c1ccc(OC)cc1)S(C)(=O)=O. The number of hydrogen-bond acceptors (Lipinski definition) is 4. The maximum absolute atomic E-state index is 13.0. The number of benzene rings is 1. The van der Waals surface area contributed by atoms with Crippen molar-refractivity contribution in [2.75, 3.05) is 17.7 Å². The van der Waals surface area contributed by atoms with Crippen LogP contribution in [0.5, 0.6) is 5.75 Å². The molecule has 1 unspecified atom stereocenters. The third kappa shape index (κ3) is 6.13. The molecule has 1 amide bonds. The van der Waals surface area contributed by atoms with E-state index in [9.17, 15) is 13.2 Å². The molecule has 27 heavy (non-hydrogen) atoms. The number of nitrogens with zero attached hydrogens (tertiary/aromatic N) is 1. The summed E-state index contributed by atoms with van der Waals surface area (Å²) in [4.78, 5) is 13.0. The first-order valence-corrected chi connectivity index (χ1v) is 11.7. The van der Waals surface area contributed by atoms with E-state index in [-0.39, 0.29) is 11.9 Å². The smallest absolute Gasteiger partial charge is 0.244 e. The fourth-order valence-electron chi connectivity index (χ4n) is 3.69. The highest BCUT2D eigenvalue weighted by molar-refractivity contribution is 7.92. The lowest BCUT2D eigenvalue weighted by Gasteiger charge is -2.32. The number of methoxy groups -OCH3 is 1. The van der Waals surface area contributed by atoms with Gasteiger partial charge in [-0.1, -0.05) is 39.0 Å². The quantitative estimate of drug-likeness (QED) is 0.766. The normalized spacial score (nSPS) is 17.4. The van der Waals surface area contributed by atoms with Crippen LogP contribution in [0.4, 0.5) is 5.69 Å². The zero-order valence-electron chi connectivity index (χ0n) is 16.6. The van der Waals surface area contributed by atoms with Gasteiger partial charge in [0.25, 0.3) is 0 Å². The van der Waals surface area contributed by atoms with Crippen LogP contribution in [0.1, 0.15) is 58.3 Å². The van der Waals surface area contributed by atoms with Crippen LogP contribution in [-0.2, 0) is 14.8 Å². The standard InChI is InChI=1S/C20H32N2O4S/c1-4-19(20(23)21-16-10-8-6-5-7-9-11-16)22(27(3,24)25)17-12-14-18(26-2)15-13-17/h12-16,19H,4-11H2,1-3H3,(H,21,23). The van der Waals surface area contributed by atoms with Crippen LogP contribution in [-0.4, -0.2) is 39.8 Å². The predicted octanol–water partition coefficient (Wildman–Crippen LogP) is 3.47. The fourth-order valence-corrected chi connectivity index (χ4v) is 4.90. The van der Waals surface area contributed by atoms with Crippen LogP contribution < -0.4 is 14.4 Å². The van der Waals surface area contributed by atoms with E-state index in [4.69, 9.17) is 4.74 Å². The van der Waals surface area contributed by atoms with Gasteiger partial charge in [0.1, 0.15) is 11.8 Å². The van der Waals surface area contributed by atoms with E-state index in [2.05, 4.69) is 5.32 Å². The molecule has 0 saturated heterocycles. The molecule has 1 saturated carbocycles. The van der Waals surface area contributed by atoms with Crippen molar-refractivity contribution in [3.05, 3.63) is 24.3 Å². The monoisotopic (exact) mass is 396 g/mol. The molecule has 2 rings (SSSR count). The van der Waals surface area contributed by atoms with E-state index in [1.807, 2.05) is 6.92 Å². The maximum atomic E-state index is 13.0. The summed E-state index contributed by atoms with van der Waals surface area (Å²) in [6, 6.07) is 6.11. The van der Waals surface area contributed by atoms with E-state index in [0.717, 1.165) is 31.9 Å². The molecule has 1 aromatic carbocycles. The summed E-state index contributed by atoms with van der Waals surface area (Å²) >= 11 is 0. The molecule has 1 N–H and O–H groups in total. The molecule has 1 aromatic rings. The van der Waals surface area contributed by atoms with E-state index in [1.165, 1.54) is 23.6 Å². The Morgan fingerprint density at radius 3 is 2.19 bits per heavy atom. The van der Waals surface area contributed by atoms with Gasteiger partial charge in [0, 0.05) is 6.04 Å². The van der Waals surface area contributed by atoms with Crippen LogP contribution in [0.25, 0.3) is 0 Å². The number of rotatable bonds is 7. The third-order valence-corrected chi connectivity index (χ3v) is 6.29. The number of hydrogen-bond donors (Lipinski definition) is 1. The van der Waals surface area contributed by atoms with Crippen molar-refractivity contribution in [3.8, 4) is 5.75 Å². The van der Waals surface area contributed by atoms with E-state index in [1.54, 1.807) is 31.4 Å². The molecule has 0 heterocycles. The average molecular weight is 397 g/mol. The molecule has 6 nitrogen and oxygen atoms in total. The highest BCUT2D eigenvalue weighted by Crippen LogP contribution is 2.25. The molecule has 0 aliphatic heterocycles. The highest BCUT2D eigenvalue weighted by Gasteiger charge is 2.32. The molecule has 1 aliphatic carbocycles. The van der Waals surface area contributed by atoms with Gasteiger partial charge in [-0.05, 0) is 43.5 Å². The number of sulfonamides is 1. The third-order valence-electron chi connectivity index (χ3n) is 5.11. The number of carbonyl (C=O) groups excluding carboxylic acids is 1. The molecular formula is C20H32N2O4S. The minimum Gasteiger partial charge on any atom is -0.497 e. The lowest BCUT2D eigenvalue weighted by Crippen LogP contribution is -2.51. The summed E-state index contributed by atoms with van der Waals surface area (Å²) in [6.07, 6.45) is 9.34. The van der Waals surface area contributed by atoms with Gasteiger partial charge in [-0.3, -0.25) is 9.10 Å². The summed E-state index contributed by atoms with van der Waals surface area (Å²) in [5.41, 5.74) is 0.470. The Morgan fingerprint density at radius 1 is 1.15 bits per heavy atom. The van der Waals surface area contributed by atoms with Gasteiger partial charge in [-0.15, -0.1) is 0 Å². The van der Waals surface area contributed by atoms with Crippen molar-refractivity contribution in [3.63, 3.8) is 0 Å². The van der Waals surface area contributed by atoms with Crippen LogP contribution in [0, 0.1) is 0 Å². The molecule has 1 atom stereocenters. The predicted molar refractivity (Wildman–Crippen MR) is 109 cm³/mol. The number of ether oxygens (including phenoxy) is 1. The van der Waals surface area contributed by atoms with E-state index < -0.39 is 16.1 Å². The molecule has 152 valence electrons. The number of nitrogens with one attached hydrogen (secondary N) is 1. The Labute approximate surface area is 163 Å².